The number of hydrogen-bond acceptors (Lipinski definition) is 3. The van der Waals surface area contributed by atoms with Gasteiger partial charge in [0.25, 0.3) is 10.0 Å². The van der Waals surface area contributed by atoms with E-state index in [2.05, 4.69) is 25.6 Å². The van der Waals surface area contributed by atoms with Gasteiger partial charge in [-0.2, -0.15) is 0 Å². The fraction of sp³-hybridized carbons (Fsp3) is 0.769. The summed E-state index contributed by atoms with van der Waals surface area (Å²) in [5, 5.41) is 1.06. The molecule has 20 heavy (non-hydrogen) atoms. The lowest BCUT2D eigenvalue weighted by Crippen LogP contribution is -2.35. The first-order valence-electron chi connectivity index (χ1n) is 7.14. The van der Waals surface area contributed by atoms with Crippen LogP contribution in [0.25, 0.3) is 0 Å². The molecule has 2 atom stereocenters. The normalized spacial score (nSPS) is 23.9. The average molecular weight is 364 g/mol. The highest BCUT2D eigenvalue weighted by atomic mass is 79.9. The lowest BCUT2D eigenvalue weighted by atomic mass is 9.80. The molecule has 1 aliphatic carbocycles. The summed E-state index contributed by atoms with van der Waals surface area (Å²) in [6, 6.07) is 0. The van der Waals surface area contributed by atoms with Gasteiger partial charge in [0, 0.05) is 24.6 Å². The predicted octanol–water partition coefficient (Wildman–Crippen LogP) is 2.38. The third-order valence-corrected chi connectivity index (χ3v) is 6.19. The third-order valence-electron chi connectivity index (χ3n) is 4.05. The highest BCUT2D eigenvalue weighted by Gasteiger charge is 2.26. The van der Waals surface area contributed by atoms with E-state index in [1.807, 2.05) is 6.92 Å². The Hall–Kier alpha value is -0.400. The molecule has 1 aromatic rings. The molecule has 0 amide bonds. The summed E-state index contributed by atoms with van der Waals surface area (Å²) >= 11 is 3.54. The van der Waals surface area contributed by atoms with E-state index in [9.17, 15) is 8.42 Å². The molecule has 5 nitrogen and oxygen atoms in total. The maximum absolute atomic E-state index is 12.2. The van der Waals surface area contributed by atoms with Gasteiger partial charge < -0.3 is 4.57 Å². The summed E-state index contributed by atoms with van der Waals surface area (Å²) in [6.45, 7) is 3.18. The number of aryl methyl sites for hydroxylation is 1. The molecule has 7 heteroatoms. The Balaban J connectivity index is 1.98. The van der Waals surface area contributed by atoms with E-state index in [1.54, 1.807) is 17.1 Å². The van der Waals surface area contributed by atoms with Gasteiger partial charge >= 0.3 is 0 Å². The summed E-state index contributed by atoms with van der Waals surface area (Å²) in [5.41, 5.74) is 0. The van der Waals surface area contributed by atoms with Crippen LogP contribution in [0.3, 0.4) is 0 Å². The fourth-order valence-corrected chi connectivity index (χ4v) is 4.59. The quantitative estimate of drug-likeness (QED) is 0.789. The second-order valence-electron chi connectivity index (χ2n) is 5.35. The Labute approximate surface area is 129 Å². The Kier molecular flexibility index (Phi) is 5.63. The van der Waals surface area contributed by atoms with Crippen LogP contribution in [-0.4, -0.2) is 29.8 Å². The number of rotatable bonds is 6. The van der Waals surface area contributed by atoms with Crippen molar-refractivity contribution in [1.29, 1.82) is 0 Å². The molecule has 2 rings (SSSR count). The molecule has 1 fully saturated rings. The second kappa shape index (κ2) is 7.04. The van der Waals surface area contributed by atoms with Gasteiger partial charge in [0.15, 0.2) is 5.03 Å². The van der Waals surface area contributed by atoms with Crippen molar-refractivity contribution in [3.05, 3.63) is 12.5 Å². The SMILES string of the molecule is CCn1cnc(S(=O)(=O)NCC2CCCCC2CBr)c1. The van der Waals surface area contributed by atoms with Gasteiger partial charge in [0.2, 0.25) is 0 Å². The Morgan fingerprint density at radius 3 is 2.70 bits per heavy atom. The van der Waals surface area contributed by atoms with Crippen molar-refractivity contribution in [1.82, 2.24) is 14.3 Å². The van der Waals surface area contributed by atoms with Crippen molar-refractivity contribution in [2.75, 3.05) is 11.9 Å². The average Bonchev–Trinajstić information content (AvgIpc) is 2.95. The first kappa shape index (κ1) is 16.0. The summed E-state index contributed by atoms with van der Waals surface area (Å²) in [5.74, 6) is 0.991. The highest BCUT2D eigenvalue weighted by molar-refractivity contribution is 9.09. The van der Waals surface area contributed by atoms with Crippen LogP contribution in [0.5, 0.6) is 0 Å². The summed E-state index contributed by atoms with van der Waals surface area (Å²) in [7, 11) is -3.48. The molecular formula is C13H22BrN3O2S. The Morgan fingerprint density at radius 2 is 2.10 bits per heavy atom. The smallest absolute Gasteiger partial charge is 0.259 e. The van der Waals surface area contributed by atoms with Gasteiger partial charge in [-0.3, -0.25) is 0 Å². The number of alkyl halides is 1. The van der Waals surface area contributed by atoms with Crippen LogP contribution in [0.4, 0.5) is 0 Å². The maximum Gasteiger partial charge on any atom is 0.259 e. The summed E-state index contributed by atoms with van der Waals surface area (Å²) in [4.78, 5) is 3.96. The number of hydrogen-bond donors (Lipinski definition) is 1. The monoisotopic (exact) mass is 363 g/mol. The van der Waals surface area contributed by atoms with Crippen molar-refractivity contribution in [2.45, 2.75) is 44.2 Å². The lowest BCUT2D eigenvalue weighted by Gasteiger charge is -2.30. The van der Waals surface area contributed by atoms with Crippen molar-refractivity contribution in [2.24, 2.45) is 11.8 Å². The van der Waals surface area contributed by atoms with Crippen molar-refractivity contribution >= 4 is 26.0 Å². The standard InChI is InChI=1S/C13H22BrN3O2S/c1-2-17-9-13(15-10-17)20(18,19)16-8-12-6-4-3-5-11(12)7-14/h9-12,16H,2-8H2,1H3. The molecule has 114 valence electrons. The van der Waals surface area contributed by atoms with Gasteiger partial charge in [-0.1, -0.05) is 28.8 Å². The molecule has 0 bridgehead atoms. The molecular weight excluding hydrogens is 342 g/mol. The molecule has 0 spiro atoms. The molecule has 0 aromatic carbocycles. The van der Waals surface area contributed by atoms with Gasteiger partial charge in [-0.15, -0.1) is 0 Å². The molecule has 1 N–H and O–H groups in total. The number of nitrogens with zero attached hydrogens (tertiary/aromatic N) is 2. The van der Waals surface area contributed by atoms with Crippen LogP contribution in [0.2, 0.25) is 0 Å². The van der Waals surface area contributed by atoms with Gasteiger partial charge in [-0.05, 0) is 31.6 Å². The molecule has 1 aromatic heterocycles. The number of nitrogens with one attached hydrogen (secondary N) is 1. The minimum absolute atomic E-state index is 0.116. The van der Waals surface area contributed by atoms with E-state index in [-0.39, 0.29) is 5.03 Å². The predicted molar refractivity (Wildman–Crippen MR) is 82.3 cm³/mol. The number of halogens is 1. The summed E-state index contributed by atoms with van der Waals surface area (Å²) in [6.07, 6.45) is 7.85. The molecule has 1 saturated carbocycles. The first-order valence-corrected chi connectivity index (χ1v) is 9.74. The van der Waals surface area contributed by atoms with E-state index < -0.39 is 10.0 Å². The Morgan fingerprint density at radius 1 is 1.40 bits per heavy atom. The molecule has 2 unspecified atom stereocenters. The Bertz CT molecular complexity index is 529. The van der Waals surface area contributed by atoms with Crippen LogP contribution in [0, 0.1) is 11.8 Å². The van der Waals surface area contributed by atoms with Crippen LogP contribution in [0.15, 0.2) is 17.6 Å². The first-order chi connectivity index (χ1) is 9.56. The van der Waals surface area contributed by atoms with Crippen LogP contribution < -0.4 is 4.72 Å². The van der Waals surface area contributed by atoms with E-state index in [4.69, 9.17) is 0 Å². The minimum atomic E-state index is -3.48. The molecule has 1 heterocycles. The van der Waals surface area contributed by atoms with Crippen molar-refractivity contribution in [3.63, 3.8) is 0 Å². The number of imidazole rings is 1. The van der Waals surface area contributed by atoms with Crippen molar-refractivity contribution in [3.8, 4) is 0 Å². The minimum Gasteiger partial charge on any atom is -0.336 e. The number of sulfonamides is 1. The van der Waals surface area contributed by atoms with Gasteiger partial charge in [0.1, 0.15) is 0 Å². The van der Waals surface area contributed by atoms with Crippen molar-refractivity contribution < 1.29 is 8.42 Å². The summed E-state index contributed by atoms with van der Waals surface area (Å²) < 4.78 is 28.9. The third kappa shape index (κ3) is 3.83. The lowest BCUT2D eigenvalue weighted by molar-refractivity contribution is 0.263. The van der Waals surface area contributed by atoms with E-state index in [0.717, 1.165) is 18.3 Å². The van der Waals surface area contributed by atoms with Crippen LogP contribution in [-0.2, 0) is 16.6 Å². The molecule has 0 radical (unpaired) electrons. The number of aromatic nitrogens is 2. The van der Waals surface area contributed by atoms with E-state index in [1.165, 1.54) is 19.3 Å². The zero-order valence-corrected chi connectivity index (χ0v) is 14.2. The highest BCUT2D eigenvalue weighted by Crippen LogP contribution is 2.31. The van der Waals surface area contributed by atoms with Crippen LogP contribution >= 0.6 is 15.9 Å². The van der Waals surface area contributed by atoms with Crippen LogP contribution in [0.1, 0.15) is 32.6 Å². The van der Waals surface area contributed by atoms with E-state index >= 15 is 0 Å². The zero-order valence-electron chi connectivity index (χ0n) is 11.8. The van der Waals surface area contributed by atoms with Gasteiger partial charge in [0.05, 0.1) is 6.33 Å². The molecule has 1 aliphatic rings. The zero-order chi connectivity index (χ0) is 14.6. The maximum atomic E-state index is 12.2. The second-order valence-corrected chi connectivity index (χ2v) is 7.71. The molecule has 0 saturated heterocycles. The fourth-order valence-electron chi connectivity index (χ4n) is 2.70. The largest absolute Gasteiger partial charge is 0.336 e. The molecule has 0 aliphatic heterocycles. The topological polar surface area (TPSA) is 64.0 Å². The van der Waals surface area contributed by atoms with E-state index in [0.29, 0.717) is 18.4 Å². The van der Waals surface area contributed by atoms with Gasteiger partial charge in [-0.25, -0.2) is 18.1 Å².